The molecule has 2 N–H and O–H groups in total. The van der Waals surface area contributed by atoms with Crippen molar-refractivity contribution < 1.29 is 14.7 Å². The zero-order valence-corrected chi connectivity index (χ0v) is 13.8. The van der Waals surface area contributed by atoms with E-state index in [1.807, 2.05) is 0 Å². The summed E-state index contributed by atoms with van der Waals surface area (Å²) in [6.07, 6.45) is 4.14. The highest BCUT2D eigenvalue weighted by molar-refractivity contribution is 6.01. The van der Waals surface area contributed by atoms with Gasteiger partial charge in [-0.25, -0.2) is 9.59 Å². The SMILES string of the molecule is O=C(O)c1cn(C(=O)Nc2ccc3nccnc3c2)c2ccccc2c1=O. The van der Waals surface area contributed by atoms with Crippen molar-refractivity contribution in [1.82, 2.24) is 14.5 Å². The predicted octanol–water partition coefficient (Wildman–Crippen LogP) is 2.72. The van der Waals surface area contributed by atoms with Crippen molar-refractivity contribution in [2.45, 2.75) is 0 Å². The number of carbonyl (C=O) groups is 2. The maximum Gasteiger partial charge on any atom is 0.341 e. The second-order valence-electron chi connectivity index (χ2n) is 5.75. The van der Waals surface area contributed by atoms with Gasteiger partial charge in [-0.05, 0) is 30.3 Å². The number of pyridine rings is 1. The van der Waals surface area contributed by atoms with Crippen LogP contribution in [0.2, 0.25) is 0 Å². The number of carboxylic acid groups (broad SMARTS) is 1. The quantitative estimate of drug-likeness (QED) is 0.568. The van der Waals surface area contributed by atoms with Gasteiger partial charge in [0.1, 0.15) is 5.56 Å². The lowest BCUT2D eigenvalue weighted by molar-refractivity contribution is 0.0695. The average Bonchev–Trinajstić information content (AvgIpc) is 2.68. The number of amides is 1. The normalized spacial score (nSPS) is 10.8. The standard InChI is InChI=1S/C19H12N4O4/c24-17-12-3-1-2-4-16(12)23(10-13(17)18(25)26)19(27)22-11-5-6-14-15(9-11)21-8-7-20-14/h1-10H,(H,22,27)(H,25,26). The number of aromatic nitrogens is 3. The number of carbonyl (C=O) groups excluding carboxylic acids is 1. The van der Waals surface area contributed by atoms with Gasteiger partial charge in [-0.15, -0.1) is 0 Å². The molecule has 0 radical (unpaired) electrons. The van der Waals surface area contributed by atoms with Gasteiger partial charge in [0, 0.05) is 29.7 Å². The first-order valence-corrected chi connectivity index (χ1v) is 7.94. The fourth-order valence-corrected chi connectivity index (χ4v) is 2.82. The fraction of sp³-hybridized carbons (Fsp3) is 0. The number of hydrogen-bond donors (Lipinski definition) is 2. The Balaban J connectivity index is 1.81. The van der Waals surface area contributed by atoms with Crippen molar-refractivity contribution in [3.8, 4) is 0 Å². The molecule has 0 spiro atoms. The third-order valence-corrected chi connectivity index (χ3v) is 4.08. The maximum atomic E-state index is 12.8. The molecule has 0 aliphatic carbocycles. The van der Waals surface area contributed by atoms with Crippen LogP contribution in [-0.2, 0) is 0 Å². The largest absolute Gasteiger partial charge is 0.477 e. The predicted molar refractivity (Wildman–Crippen MR) is 99.1 cm³/mol. The van der Waals surface area contributed by atoms with E-state index in [9.17, 15) is 19.5 Å². The van der Waals surface area contributed by atoms with Crippen LogP contribution in [-0.4, -0.2) is 31.6 Å². The molecule has 8 heteroatoms. The minimum atomic E-state index is -1.40. The lowest BCUT2D eigenvalue weighted by Crippen LogP contribution is -2.25. The van der Waals surface area contributed by atoms with Crippen LogP contribution in [0.4, 0.5) is 10.5 Å². The monoisotopic (exact) mass is 360 g/mol. The molecule has 2 aromatic heterocycles. The van der Waals surface area contributed by atoms with Crippen LogP contribution in [0.5, 0.6) is 0 Å². The molecular weight excluding hydrogens is 348 g/mol. The molecule has 1 amide bonds. The van der Waals surface area contributed by atoms with Gasteiger partial charge in [0.2, 0.25) is 5.43 Å². The minimum Gasteiger partial charge on any atom is -0.477 e. The fourth-order valence-electron chi connectivity index (χ4n) is 2.82. The number of carboxylic acids is 1. The van der Waals surface area contributed by atoms with Gasteiger partial charge in [0.25, 0.3) is 0 Å². The van der Waals surface area contributed by atoms with E-state index in [2.05, 4.69) is 15.3 Å². The lowest BCUT2D eigenvalue weighted by atomic mass is 10.1. The molecule has 2 aromatic carbocycles. The number of anilines is 1. The van der Waals surface area contributed by atoms with E-state index in [0.717, 1.165) is 10.8 Å². The summed E-state index contributed by atoms with van der Waals surface area (Å²) < 4.78 is 1.11. The van der Waals surface area contributed by atoms with Crippen molar-refractivity contribution in [3.05, 3.63) is 76.8 Å². The molecule has 0 unspecified atom stereocenters. The molecule has 0 atom stereocenters. The summed E-state index contributed by atoms with van der Waals surface area (Å²) in [4.78, 5) is 44.8. The Labute approximate surface area is 151 Å². The number of nitrogens with zero attached hydrogens (tertiary/aromatic N) is 3. The van der Waals surface area contributed by atoms with Crippen LogP contribution >= 0.6 is 0 Å². The number of aromatic carboxylic acids is 1. The Morgan fingerprint density at radius 2 is 1.74 bits per heavy atom. The van der Waals surface area contributed by atoms with Crippen molar-refractivity contribution >= 4 is 39.6 Å². The number of rotatable bonds is 2. The maximum absolute atomic E-state index is 12.8. The minimum absolute atomic E-state index is 0.150. The first kappa shape index (κ1) is 16.4. The summed E-state index contributed by atoms with van der Waals surface area (Å²) in [6.45, 7) is 0. The van der Waals surface area contributed by atoms with E-state index < -0.39 is 23.0 Å². The molecule has 0 saturated carbocycles. The highest BCUT2D eigenvalue weighted by Gasteiger charge is 2.17. The Morgan fingerprint density at radius 3 is 2.52 bits per heavy atom. The van der Waals surface area contributed by atoms with Crippen LogP contribution in [0.15, 0.2) is 65.8 Å². The Kier molecular flexibility index (Phi) is 3.85. The van der Waals surface area contributed by atoms with Gasteiger partial charge < -0.3 is 10.4 Å². The molecule has 0 aliphatic rings. The Hall–Kier alpha value is -4.07. The molecule has 132 valence electrons. The van der Waals surface area contributed by atoms with Crippen molar-refractivity contribution in [2.75, 3.05) is 5.32 Å². The highest BCUT2D eigenvalue weighted by Crippen LogP contribution is 2.17. The molecule has 4 rings (SSSR count). The molecule has 0 bridgehead atoms. The van der Waals surface area contributed by atoms with Gasteiger partial charge in [-0.1, -0.05) is 12.1 Å². The lowest BCUT2D eigenvalue weighted by Gasteiger charge is -2.12. The molecule has 8 nitrogen and oxygen atoms in total. The number of fused-ring (bicyclic) bond motifs is 2. The van der Waals surface area contributed by atoms with Crippen molar-refractivity contribution in [1.29, 1.82) is 0 Å². The van der Waals surface area contributed by atoms with E-state index in [4.69, 9.17) is 0 Å². The average molecular weight is 360 g/mol. The van der Waals surface area contributed by atoms with Gasteiger partial charge >= 0.3 is 12.0 Å². The highest BCUT2D eigenvalue weighted by atomic mass is 16.4. The van der Waals surface area contributed by atoms with Crippen LogP contribution in [0.3, 0.4) is 0 Å². The number of nitrogens with one attached hydrogen (secondary N) is 1. The molecule has 0 fully saturated rings. The summed E-state index contributed by atoms with van der Waals surface area (Å²) in [5.74, 6) is -1.40. The zero-order chi connectivity index (χ0) is 19.0. The van der Waals surface area contributed by atoms with E-state index in [1.165, 1.54) is 6.07 Å². The first-order valence-electron chi connectivity index (χ1n) is 7.94. The van der Waals surface area contributed by atoms with Gasteiger partial charge in [-0.2, -0.15) is 0 Å². The second kappa shape index (κ2) is 6.34. The summed E-state index contributed by atoms with van der Waals surface area (Å²) in [5.41, 5.74) is 0.943. The summed E-state index contributed by atoms with van der Waals surface area (Å²) >= 11 is 0. The van der Waals surface area contributed by atoms with E-state index >= 15 is 0 Å². The van der Waals surface area contributed by atoms with E-state index in [1.54, 1.807) is 48.8 Å². The van der Waals surface area contributed by atoms with Crippen molar-refractivity contribution in [2.24, 2.45) is 0 Å². The number of benzene rings is 2. The molecule has 4 aromatic rings. The van der Waals surface area contributed by atoms with E-state index in [0.29, 0.717) is 22.2 Å². The van der Waals surface area contributed by atoms with Crippen LogP contribution in [0.25, 0.3) is 21.9 Å². The Morgan fingerprint density at radius 1 is 1.00 bits per heavy atom. The van der Waals surface area contributed by atoms with Gasteiger partial charge in [0.15, 0.2) is 0 Å². The molecule has 0 aliphatic heterocycles. The van der Waals surface area contributed by atoms with Crippen LogP contribution < -0.4 is 10.7 Å². The van der Waals surface area contributed by atoms with Crippen molar-refractivity contribution in [3.63, 3.8) is 0 Å². The number of para-hydroxylation sites is 1. The molecule has 2 heterocycles. The first-order chi connectivity index (χ1) is 13.0. The smallest absolute Gasteiger partial charge is 0.341 e. The third kappa shape index (κ3) is 2.89. The third-order valence-electron chi connectivity index (χ3n) is 4.08. The second-order valence-corrected chi connectivity index (χ2v) is 5.75. The molecular formula is C19H12N4O4. The topological polar surface area (TPSA) is 114 Å². The summed E-state index contributed by atoms with van der Waals surface area (Å²) in [6, 6.07) is 10.8. The van der Waals surface area contributed by atoms with Crippen LogP contribution in [0.1, 0.15) is 10.4 Å². The van der Waals surface area contributed by atoms with E-state index in [-0.39, 0.29) is 5.39 Å². The number of hydrogen-bond acceptors (Lipinski definition) is 5. The molecule has 27 heavy (non-hydrogen) atoms. The molecule has 0 saturated heterocycles. The summed E-state index contributed by atoms with van der Waals surface area (Å²) in [5, 5.41) is 12.1. The van der Waals surface area contributed by atoms with Gasteiger partial charge in [0.05, 0.1) is 16.6 Å². The van der Waals surface area contributed by atoms with Crippen LogP contribution in [0, 0.1) is 0 Å². The summed E-state index contributed by atoms with van der Waals surface area (Å²) in [7, 11) is 0. The van der Waals surface area contributed by atoms with Gasteiger partial charge in [-0.3, -0.25) is 19.3 Å². The zero-order valence-electron chi connectivity index (χ0n) is 13.8. The Bertz CT molecular complexity index is 1280.